The molecule has 1 unspecified atom stereocenters. The van der Waals surface area contributed by atoms with E-state index in [1.807, 2.05) is 11.8 Å². The number of hydrogen-bond donors (Lipinski definition) is 2. The summed E-state index contributed by atoms with van der Waals surface area (Å²) < 4.78 is 0. The zero-order chi connectivity index (χ0) is 12.1. The topological polar surface area (TPSA) is 89.4 Å². The van der Waals surface area contributed by atoms with Crippen LogP contribution in [-0.2, 0) is 9.59 Å². The molecule has 16 heavy (non-hydrogen) atoms. The first-order valence-corrected chi connectivity index (χ1v) is 5.81. The maximum absolute atomic E-state index is 11.8. The predicted molar refractivity (Wildman–Crippen MR) is 61.3 cm³/mol. The summed E-state index contributed by atoms with van der Waals surface area (Å²) in [6.45, 7) is 3.78. The summed E-state index contributed by atoms with van der Waals surface area (Å²) in [7, 11) is 0. The molecule has 0 radical (unpaired) electrons. The Morgan fingerprint density at radius 2 is 1.94 bits per heavy atom. The van der Waals surface area contributed by atoms with Crippen LogP contribution in [0.4, 0.5) is 0 Å². The van der Waals surface area contributed by atoms with Gasteiger partial charge in [0, 0.05) is 25.4 Å². The molecule has 92 valence electrons. The Balaban J connectivity index is 2.36. The van der Waals surface area contributed by atoms with Crippen molar-refractivity contribution in [3.63, 3.8) is 0 Å². The van der Waals surface area contributed by atoms with E-state index in [0.29, 0.717) is 38.9 Å². The number of nitrogens with two attached hydrogens (primary N) is 2. The van der Waals surface area contributed by atoms with E-state index in [0.717, 1.165) is 0 Å². The van der Waals surface area contributed by atoms with Crippen molar-refractivity contribution < 1.29 is 9.59 Å². The highest BCUT2D eigenvalue weighted by Gasteiger charge is 2.26. The first-order chi connectivity index (χ1) is 7.54. The van der Waals surface area contributed by atoms with E-state index in [1.165, 1.54) is 0 Å². The second-order valence-corrected chi connectivity index (χ2v) is 4.60. The van der Waals surface area contributed by atoms with E-state index < -0.39 is 0 Å². The molecule has 4 N–H and O–H groups in total. The fraction of sp³-hybridized carbons (Fsp3) is 0.818. The number of amides is 2. The second-order valence-electron chi connectivity index (χ2n) is 4.60. The third kappa shape index (κ3) is 3.48. The lowest BCUT2D eigenvalue weighted by Crippen LogP contribution is -2.42. The minimum Gasteiger partial charge on any atom is -0.369 e. The van der Waals surface area contributed by atoms with Gasteiger partial charge in [-0.25, -0.2) is 0 Å². The third-order valence-electron chi connectivity index (χ3n) is 3.18. The van der Waals surface area contributed by atoms with Crippen LogP contribution in [0.1, 0.15) is 26.2 Å². The first kappa shape index (κ1) is 13.0. The summed E-state index contributed by atoms with van der Waals surface area (Å²) in [4.78, 5) is 24.6. The molecular formula is C11H21N3O2. The number of carbonyl (C=O) groups excluding carboxylic acids is 2. The zero-order valence-electron chi connectivity index (χ0n) is 9.82. The Bertz CT molecular complexity index is 260. The average molecular weight is 227 g/mol. The minimum absolute atomic E-state index is 0.0593. The van der Waals surface area contributed by atoms with Crippen molar-refractivity contribution in [3.05, 3.63) is 0 Å². The number of rotatable bonds is 4. The maximum Gasteiger partial charge on any atom is 0.222 e. The molecule has 0 aromatic heterocycles. The van der Waals surface area contributed by atoms with Crippen LogP contribution in [0.15, 0.2) is 0 Å². The van der Waals surface area contributed by atoms with Gasteiger partial charge in [-0.2, -0.15) is 0 Å². The normalized spacial score (nSPS) is 19.5. The van der Waals surface area contributed by atoms with Crippen LogP contribution in [0.2, 0.25) is 0 Å². The summed E-state index contributed by atoms with van der Waals surface area (Å²) >= 11 is 0. The lowest BCUT2D eigenvalue weighted by atomic mass is 9.95. The van der Waals surface area contributed by atoms with Gasteiger partial charge in [0.1, 0.15) is 0 Å². The lowest BCUT2D eigenvalue weighted by Gasteiger charge is -2.31. The van der Waals surface area contributed by atoms with Crippen LogP contribution in [0.3, 0.4) is 0 Å². The lowest BCUT2D eigenvalue weighted by molar-refractivity contribution is -0.135. The molecule has 0 aromatic carbocycles. The summed E-state index contributed by atoms with van der Waals surface area (Å²) in [5, 5.41) is 0. The van der Waals surface area contributed by atoms with E-state index in [9.17, 15) is 9.59 Å². The smallest absolute Gasteiger partial charge is 0.222 e. The second kappa shape index (κ2) is 5.84. The molecular weight excluding hydrogens is 206 g/mol. The molecule has 5 heteroatoms. The quantitative estimate of drug-likeness (QED) is 0.690. The SMILES string of the molecule is CC(CN)CC(=O)N1CCC(C(N)=O)CC1. The van der Waals surface area contributed by atoms with Gasteiger partial charge in [-0.05, 0) is 25.3 Å². The number of hydrogen-bond acceptors (Lipinski definition) is 3. The Hall–Kier alpha value is -1.10. The Labute approximate surface area is 96.1 Å². The van der Waals surface area contributed by atoms with Crippen LogP contribution >= 0.6 is 0 Å². The van der Waals surface area contributed by atoms with Crippen molar-refractivity contribution in [3.8, 4) is 0 Å². The summed E-state index contributed by atoms with van der Waals surface area (Å²) in [6.07, 6.45) is 1.88. The molecule has 0 spiro atoms. The fourth-order valence-electron chi connectivity index (χ4n) is 1.92. The number of nitrogens with zero attached hydrogens (tertiary/aromatic N) is 1. The minimum atomic E-state index is -0.248. The van der Waals surface area contributed by atoms with Crippen LogP contribution in [0.25, 0.3) is 0 Å². The van der Waals surface area contributed by atoms with Crippen LogP contribution in [0, 0.1) is 11.8 Å². The number of likely N-dealkylation sites (tertiary alicyclic amines) is 1. The van der Waals surface area contributed by atoms with Crippen LogP contribution in [0.5, 0.6) is 0 Å². The number of piperidine rings is 1. The van der Waals surface area contributed by atoms with Gasteiger partial charge >= 0.3 is 0 Å². The zero-order valence-corrected chi connectivity index (χ0v) is 9.82. The molecule has 1 rings (SSSR count). The molecule has 0 aromatic rings. The maximum atomic E-state index is 11.8. The molecule has 0 saturated carbocycles. The van der Waals surface area contributed by atoms with Gasteiger partial charge in [0.15, 0.2) is 0 Å². The van der Waals surface area contributed by atoms with Crippen LogP contribution in [-0.4, -0.2) is 36.3 Å². The molecule has 5 nitrogen and oxygen atoms in total. The number of primary amides is 1. The van der Waals surface area contributed by atoms with E-state index in [-0.39, 0.29) is 23.7 Å². The van der Waals surface area contributed by atoms with Gasteiger partial charge in [-0.1, -0.05) is 6.92 Å². The Morgan fingerprint density at radius 1 is 1.38 bits per heavy atom. The van der Waals surface area contributed by atoms with Gasteiger partial charge in [0.05, 0.1) is 0 Å². The highest BCUT2D eigenvalue weighted by Crippen LogP contribution is 2.18. The summed E-state index contributed by atoms with van der Waals surface area (Å²) in [5.41, 5.74) is 10.7. The van der Waals surface area contributed by atoms with Gasteiger partial charge in [-0.15, -0.1) is 0 Å². The summed E-state index contributed by atoms with van der Waals surface area (Å²) in [6, 6.07) is 0. The highest BCUT2D eigenvalue weighted by atomic mass is 16.2. The molecule has 0 aliphatic carbocycles. The largest absolute Gasteiger partial charge is 0.369 e. The van der Waals surface area contributed by atoms with Crippen molar-refractivity contribution in [1.82, 2.24) is 4.90 Å². The molecule has 2 amide bonds. The van der Waals surface area contributed by atoms with E-state index in [2.05, 4.69) is 0 Å². The van der Waals surface area contributed by atoms with E-state index in [4.69, 9.17) is 11.5 Å². The van der Waals surface area contributed by atoms with Crippen molar-refractivity contribution in [2.75, 3.05) is 19.6 Å². The highest BCUT2D eigenvalue weighted by molar-refractivity contribution is 5.78. The van der Waals surface area contributed by atoms with E-state index in [1.54, 1.807) is 0 Å². The first-order valence-electron chi connectivity index (χ1n) is 5.81. The molecule has 1 atom stereocenters. The Kier molecular flexibility index (Phi) is 4.73. The molecule has 1 heterocycles. The number of carbonyl (C=O) groups is 2. The Morgan fingerprint density at radius 3 is 2.38 bits per heavy atom. The molecule has 1 aliphatic rings. The predicted octanol–water partition coefficient (Wildman–Crippen LogP) is -0.305. The monoisotopic (exact) mass is 227 g/mol. The van der Waals surface area contributed by atoms with Crippen molar-refractivity contribution >= 4 is 11.8 Å². The van der Waals surface area contributed by atoms with Crippen molar-refractivity contribution in [2.45, 2.75) is 26.2 Å². The van der Waals surface area contributed by atoms with Gasteiger partial charge in [-0.3, -0.25) is 9.59 Å². The van der Waals surface area contributed by atoms with Crippen LogP contribution < -0.4 is 11.5 Å². The van der Waals surface area contributed by atoms with Crippen molar-refractivity contribution in [1.29, 1.82) is 0 Å². The summed E-state index contributed by atoms with van der Waals surface area (Å²) in [5.74, 6) is 0.0561. The molecule has 0 bridgehead atoms. The fourth-order valence-corrected chi connectivity index (χ4v) is 1.92. The van der Waals surface area contributed by atoms with Crippen molar-refractivity contribution in [2.24, 2.45) is 23.3 Å². The molecule has 1 fully saturated rings. The molecule has 1 aliphatic heterocycles. The van der Waals surface area contributed by atoms with Gasteiger partial charge in [0.2, 0.25) is 11.8 Å². The molecule has 1 saturated heterocycles. The van der Waals surface area contributed by atoms with Gasteiger partial charge in [0.25, 0.3) is 0 Å². The standard InChI is InChI=1S/C11H21N3O2/c1-8(7-12)6-10(15)14-4-2-9(3-5-14)11(13)16/h8-9H,2-7,12H2,1H3,(H2,13,16). The third-order valence-corrected chi connectivity index (χ3v) is 3.18. The van der Waals surface area contributed by atoms with Gasteiger partial charge < -0.3 is 16.4 Å². The average Bonchev–Trinajstić information content (AvgIpc) is 2.28. The van der Waals surface area contributed by atoms with E-state index >= 15 is 0 Å².